The van der Waals surface area contributed by atoms with Crippen LogP contribution in [-0.4, -0.2) is 20.4 Å². The molecule has 0 fully saturated rings. The quantitative estimate of drug-likeness (QED) is 0.734. The van der Waals surface area contributed by atoms with E-state index in [1.165, 1.54) is 0 Å². The first kappa shape index (κ1) is 12.1. The minimum atomic E-state index is 0.233. The summed E-state index contributed by atoms with van der Waals surface area (Å²) in [5.74, 6) is 0.233. The largest absolute Gasteiger partial charge is 0.376 e. The first-order valence-electron chi connectivity index (χ1n) is 4.96. The Labute approximate surface area is 95.8 Å². The Morgan fingerprint density at radius 1 is 1.47 bits per heavy atom. The summed E-state index contributed by atoms with van der Waals surface area (Å²) >= 11 is 6.14. The van der Waals surface area contributed by atoms with Gasteiger partial charge in [0.25, 0.3) is 0 Å². The molecular weight excluding hydrogens is 210 g/mol. The fourth-order valence-corrected chi connectivity index (χ4v) is 1.83. The van der Waals surface area contributed by atoms with E-state index >= 15 is 0 Å². The number of halogens is 1. The van der Waals surface area contributed by atoms with Gasteiger partial charge in [0, 0.05) is 20.5 Å². The number of anilines is 1. The topological polar surface area (TPSA) is 20.3 Å². The van der Waals surface area contributed by atoms with Crippen LogP contribution < -0.4 is 4.90 Å². The Morgan fingerprint density at radius 3 is 2.60 bits per heavy atom. The second kappa shape index (κ2) is 5.17. The molecule has 0 aliphatic heterocycles. The van der Waals surface area contributed by atoms with Crippen molar-refractivity contribution in [2.45, 2.75) is 19.3 Å². The fourth-order valence-electron chi connectivity index (χ4n) is 1.47. The van der Waals surface area contributed by atoms with Crippen LogP contribution in [0.3, 0.4) is 0 Å². The van der Waals surface area contributed by atoms with Gasteiger partial charge in [0.15, 0.2) is 0 Å². The Bertz CT molecular complexity index is 349. The lowest BCUT2D eigenvalue weighted by atomic mass is 9.98. The third-order valence-corrected chi connectivity index (χ3v) is 2.78. The zero-order valence-corrected chi connectivity index (χ0v) is 10.1. The smallest absolute Gasteiger partial charge is 0.120 e. The number of carbonyl (C=O) groups excluding carboxylic acids is 1. The number of carbonyl (C=O) groups is 1. The molecule has 1 aromatic rings. The highest BCUT2D eigenvalue weighted by molar-refractivity contribution is 6.33. The molecule has 1 atom stereocenters. The van der Waals surface area contributed by atoms with Crippen LogP contribution in [0.5, 0.6) is 0 Å². The van der Waals surface area contributed by atoms with Gasteiger partial charge in [0.2, 0.25) is 0 Å². The second-order valence-corrected chi connectivity index (χ2v) is 4.32. The zero-order chi connectivity index (χ0) is 11.4. The van der Waals surface area contributed by atoms with Crippen LogP contribution in [-0.2, 0) is 4.79 Å². The van der Waals surface area contributed by atoms with E-state index in [0.29, 0.717) is 6.42 Å². The lowest BCUT2D eigenvalue weighted by Crippen LogP contribution is -2.09. The highest BCUT2D eigenvalue weighted by Crippen LogP contribution is 2.29. The van der Waals surface area contributed by atoms with Crippen LogP contribution in [0.4, 0.5) is 5.69 Å². The van der Waals surface area contributed by atoms with Crippen molar-refractivity contribution >= 4 is 23.6 Å². The maximum absolute atomic E-state index is 10.4. The zero-order valence-electron chi connectivity index (χ0n) is 9.33. The lowest BCUT2D eigenvalue weighted by molar-refractivity contribution is -0.108. The molecule has 1 unspecified atom stereocenters. The molecule has 0 radical (unpaired) electrons. The van der Waals surface area contributed by atoms with Gasteiger partial charge in [-0.05, 0) is 23.6 Å². The summed E-state index contributed by atoms with van der Waals surface area (Å²) in [6.07, 6.45) is 1.48. The van der Waals surface area contributed by atoms with Gasteiger partial charge in [-0.2, -0.15) is 0 Å². The molecule has 0 aromatic heterocycles. The summed E-state index contributed by atoms with van der Waals surface area (Å²) in [4.78, 5) is 12.4. The van der Waals surface area contributed by atoms with E-state index in [1.54, 1.807) is 0 Å². The highest BCUT2D eigenvalue weighted by atomic mass is 35.5. The van der Waals surface area contributed by atoms with Gasteiger partial charge in [0.1, 0.15) is 6.29 Å². The van der Waals surface area contributed by atoms with Crippen molar-refractivity contribution in [3.63, 3.8) is 0 Å². The van der Waals surface area contributed by atoms with E-state index in [1.807, 2.05) is 44.1 Å². The standard InChI is InChI=1S/C12H16ClNO/c1-9(6-7-15)10-4-5-12(14(2)3)11(13)8-10/h4-5,7-9H,6H2,1-3H3. The van der Waals surface area contributed by atoms with Crippen molar-refractivity contribution in [1.82, 2.24) is 0 Å². The molecule has 82 valence electrons. The van der Waals surface area contributed by atoms with Gasteiger partial charge < -0.3 is 9.69 Å². The molecule has 1 rings (SSSR count). The van der Waals surface area contributed by atoms with Crippen molar-refractivity contribution < 1.29 is 4.79 Å². The number of nitrogens with zero attached hydrogens (tertiary/aromatic N) is 1. The summed E-state index contributed by atoms with van der Waals surface area (Å²) in [6.45, 7) is 2.02. The predicted molar refractivity (Wildman–Crippen MR) is 64.9 cm³/mol. The van der Waals surface area contributed by atoms with Crippen molar-refractivity contribution in [3.8, 4) is 0 Å². The predicted octanol–water partition coefficient (Wildman–Crippen LogP) is 3.10. The van der Waals surface area contributed by atoms with Crippen molar-refractivity contribution in [3.05, 3.63) is 28.8 Å². The summed E-state index contributed by atoms with van der Waals surface area (Å²) in [5, 5.41) is 0.732. The summed E-state index contributed by atoms with van der Waals surface area (Å²) < 4.78 is 0. The molecule has 0 bridgehead atoms. The Balaban J connectivity index is 2.95. The number of aldehydes is 1. The van der Waals surface area contributed by atoms with Crippen molar-refractivity contribution in [1.29, 1.82) is 0 Å². The first-order chi connectivity index (χ1) is 7.06. The Kier molecular flexibility index (Phi) is 4.15. The van der Waals surface area contributed by atoms with Crippen LogP contribution in [0, 0.1) is 0 Å². The molecule has 15 heavy (non-hydrogen) atoms. The molecule has 3 heteroatoms. The lowest BCUT2D eigenvalue weighted by Gasteiger charge is -2.16. The molecule has 0 aliphatic rings. The number of rotatable bonds is 4. The molecule has 0 N–H and O–H groups in total. The molecule has 0 aliphatic carbocycles. The van der Waals surface area contributed by atoms with E-state index in [0.717, 1.165) is 22.6 Å². The van der Waals surface area contributed by atoms with Crippen LogP contribution in [0.1, 0.15) is 24.8 Å². The maximum atomic E-state index is 10.4. The summed E-state index contributed by atoms with van der Waals surface area (Å²) in [7, 11) is 3.91. The monoisotopic (exact) mass is 225 g/mol. The van der Waals surface area contributed by atoms with Gasteiger partial charge in [-0.3, -0.25) is 0 Å². The average Bonchev–Trinajstić information content (AvgIpc) is 2.17. The van der Waals surface area contributed by atoms with E-state index in [4.69, 9.17) is 11.6 Å². The first-order valence-corrected chi connectivity index (χ1v) is 5.34. The minimum absolute atomic E-state index is 0.233. The maximum Gasteiger partial charge on any atom is 0.120 e. The molecule has 0 spiro atoms. The number of hydrogen-bond acceptors (Lipinski definition) is 2. The van der Waals surface area contributed by atoms with Crippen LogP contribution in [0.25, 0.3) is 0 Å². The van der Waals surface area contributed by atoms with Gasteiger partial charge in [-0.15, -0.1) is 0 Å². The Morgan fingerprint density at radius 2 is 2.13 bits per heavy atom. The summed E-state index contributed by atoms with van der Waals surface area (Å²) in [6, 6.07) is 5.94. The molecule has 2 nitrogen and oxygen atoms in total. The minimum Gasteiger partial charge on any atom is -0.376 e. The van der Waals surface area contributed by atoms with Gasteiger partial charge in [-0.1, -0.05) is 24.6 Å². The van der Waals surface area contributed by atoms with Gasteiger partial charge in [0.05, 0.1) is 10.7 Å². The summed E-state index contributed by atoms with van der Waals surface area (Å²) in [5.41, 5.74) is 2.11. The van der Waals surface area contributed by atoms with E-state index in [2.05, 4.69) is 0 Å². The van der Waals surface area contributed by atoms with Gasteiger partial charge >= 0.3 is 0 Å². The van der Waals surface area contributed by atoms with E-state index in [-0.39, 0.29) is 5.92 Å². The molecule has 0 saturated carbocycles. The van der Waals surface area contributed by atoms with E-state index < -0.39 is 0 Å². The third kappa shape index (κ3) is 2.96. The van der Waals surface area contributed by atoms with Crippen LogP contribution in [0.2, 0.25) is 5.02 Å². The third-order valence-electron chi connectivity index (χ3n) is 2.47. The normalized spacial score (nSPS) is 12.3. The average molecular weight is 226 g/mol. The molecule has 0 heterocycles. The van der Waals surface area contributed by atoms with Gasteiger partial charge in [-0.25, -0.2) is 0 Å². The molecule has 1 aromatic carbocycles. The molecule has 0 saturated heterocycles. The van der Waals surface area contributed by atoms with Crippen LogP contribution in [0.15, 0.2) is 18.2 Å². The van der Waals surface area contributed by atoms with Crippen LogP contribution >= 0.6 is 11.6 Å². The SMILES string of the molecule is CC(CC=O)c1ccc(N(C)C)c(Cl)c1. The van der Waals surface area contributed by atoms with Crippen molar-refractivity contribution in [2.24, 2.45) is 0 Å². The number of benzene rings is 1. The van der Waals surface area contributed by atoms with Crippen molar-refractivity contribution in [2.75, 3.05) is 19.0 Å². The fraction of sp³-hybridized carbons (Fsp3) is 0.417. The second-order valence-electron chi connectivity index (χ2n) is 3.91. The Hall–Kier alpha value is -1.02. The highest BCUT2D eigenvalue weighted by Gasteiger charge is 2.08. The van der Waals surface area contributed by atoms with E-state index in [9.17, 15) is 4.79 Å². The number of hydrogen-bond donors (Lipinski definition) is 0. The molecule has 0 amide bonds. The molecular formula is C12H16ClNO.